The van der Waals surface area contributed by atoms with E-state index in [9.17, 15) is 18.0 Å². The summed E-state index contributed by atoms with van der Waals surface area (Å²) >= 11 is 0. The molecule has 0 saturated carbocycles. The molecule has 0 radical (unpaired) electrons. The molecule has 2 N–H and O–H groups in total. The minimum atomic E-state index is -1.11. The maximum Gasteiger partial charge on any atom is 0.202 e. The van der Waals surface area contributed by atoms with Crippen molar-refractivity contribution in [3.05, 3.63) is 92.7 Å². The van der Waals surface area contributed by atoms with Crippen LogP contribution in [-0.4, -0.2) is 40.2 Å². The lowest BCUT2D eigenvalue weighted by atomic mass is 10.00. The van der Waals surface area contributed by atoms with Crippen LogP contribution >= 0.6 is 0 Å². The van der Waals surface area contributed by atoms with Gasteiger partial charge in [-0.25, -0.2) is 13.8 Å². The van der Waals surface area contributed by atoms with Crippen molar-refractivity contribution < 1.29 is 17.9 Å². The van der Waals surface area contributed by atoms with Crippen molar-refractivity contribution in [2.75, 3.05) is 30.3 Å². The van der Waals surface area contributed by atoms with Crippen LogP contribution in [0.25, 0.3) is 10.9 Å². The van der Waals surface area contributed by atoms with Gasteiger partial charge in [-0.15, -0.1) is 0 Å². The molecule has 6 rings (SSSR count). The van der Waals surface area contributed by atoms with Crippen LogP contribution in [0.2, 0.25) is 0 Å². The number of hydrogen-bond acceptors (Lipinski definition) is 6. The first kappa shape index (κ1) is 27.1. The number of nitrogens with zero attached hydrogens (tertiary/aromatic N) is 4. The monoisotopic (exact) mass is 563 g/mol. The molecule has 4 heterocycles. The van der Waals surface area contributed by atoms with Crippen molar-refractivity contribution in [1.29, 1.82) is 0 Å². The minimum Gasteiger partial charge on any atom is -0.486 e. The molecule has 0 amide bonds. The van der Waals surface area contributed by atoms with Crippen molar-refractivity contribution in [2.24, 2.45) is 0 Å². The largest absolute Gasteiger partial charge is 0.486 e. The first-order chi connectivity index (χ1) is 19.7. The van der Waals surface area contributed by atoms with E-state index in [0.717, 1.165) is 36.7 Å². The number of ether oxygens (including phenoxy) is 1. The van der Waals surface area contributed by atoms with Crippen LogP contribution in [0.4, 0.5) is 24.7 Å². The molecule has 2 aliphatic heterocycles. The van der Waals surface area contributed by atoms with Gasteiger partial charge in [0.1, 0.15) is 18.2 Å². The number of anilines is 2. The summed E-state index contributed by atoms with van der Waals surface area (Å²) in [4.78, 5) is 22.5. The average molecular weight is 564 g/mol. The number of aryl methyl sites for hydroxylation is 2. The van der Waals surface area contributed by atoms with Gasteiger partial charge in [-0.1, -0.05) is 12.1 Å². The molecule has 41 heavy (non-hydrogen) atoms. The highest BCUT2D eigenvalue weighted by Gasteiger charge is 2.29. The molecule has 1 fully saturated rings. The zero-order valence-corrected chi connectivity index (χ0v) is 23.1. The maximum absolute atomic E-state index is 14.5. The first-order valence-electron chi connectivity index (χ1n) is 13.8. The Bertz CT molecular complexity index is 1670. The van der Waals surface area contributed by atoms with Crippen LogP contribution in [0.3, 0.4) is 0 Å². The normalized spacial score (nSPS) is 16.8. The summed E-state index contributed by atoms with van der Waals surface area (Å²) in [6.07, 6.45) is 5.34. The Labute approximate surface area is 236 Å². The fraction of sp³-hybridized carbons (Fsp3) is 0.355. The summed E-state index contributed by atoms with van der Waals surface area (Å²) in [5.41, 5.74) is 9.26. The van der Waals surface area contributed by atoms with Crippen LogP contribution in [0.1, 0.15) is 35.1 Å². The van der Waals surface area contributed by atoms with Gasteiger partial charge in [0, 0.05) is 44.0 Å². The summed E-state index contributed by atoms with van der Waals surface area (Å²) in [5, 5.41) is 0.0998. The maximum atomic E-state index is 14.5. The number of aromatic nitrogens is 2. The molecule has 0 unspecified atom stereocenters. The summed E-state index contributed by atoms with van der Waals surface area (Å²) in [6.45, 7) is 6.43. The zero-order chi connectivity index (χ0) is 28.8. The number of pyridine rings is 2. The summed E-state index contributed by atoms with van der Waals surface area (Å²) in [5.74, 6) is -2.18. The van der Waals surface area contributed by atoms with Crippen molar-refractivity contribution >= 4 is 22.4 Å². The van der Waals surface area contributed by atoms with Crippen LogP contribution in [0.5, 0.6) is 5.75 Å². The second kappa shape index (κ2) is 10.7. The highest BCUT2D eigenvalue weighted by molar-refractivity contribution is 5.86. The Balaban J connectivity index is 1.39. The van der Waals surface area contributed by atoms with Gasteiger partial charge in [0.15, 0.2) is 17.0 Å². The van der Waals surface area contributed by atoms with Crippen molar-refractivity contribution in [3.8, 4) is 5.75 Å². The quantitative estimate of drug-likeness (QED) is 0.353. The highest BCUT2D eigenvalue weighted by Crippen LogP contribution is 2.33. The molecule has 2 aromatic carbocycles. The van der Waals surface area contributed by atoms with Crippen LogP contribution in [0, 0.1) is 31.3 Å². The molecule has 7 nitrogen and oxygen atoms in total. The number of benzene rings is 2. The molecule has 4 aromatic rings. The predicted molar refractivity (Wildman–Crippen MR) is 153 cm³/mol. The van der Waals surface area contributed by atoms with Gasteiger partial charge >= 0.3 is 0 Å². The molecule has 0 spiro atoms. The molecular weight excluding hydrogens is 531 g/mol. The molecule has 1 atom stereocenters. The van der Waals surface area contributed by atoms with E-state index in [2.05, 4.69) is 14.8 Å². The van der Waals surface area contributed by atoms with E-state index in [1.165, 1.54) is 0 Å². The zero-order valence-electron chi connectivity index (χ0n) is 23.1. The van der Waals surface area contributed by atoms with E-state index >= 15 is 0 Å². The fourth-order valence-corrected chi connectivity index (χ4v) is 6.17. The molecule has 0 bridgehead atoms. The topological polar surface area (TPSA) is 76.6 Å². The lowest BCUT2D eigenvalue weighted by Gasteiger charge is -2.40. The molecule has 10 heteroatoms. The molecule has 0 aliphatic carbocycles. The third kappa shape index (κ3) is 5.12. The average Bonchev–Trinajstić information content (AvgIpc) is 2.96. The number of hydrogen-bond donors (Lipinski definition) is 1. The van der Waals surface area contributed by atoms with Gasteiger partial charge in [0.2, 0.25) is 5.82 Å². The molecule has 1 saturated heterocycles. The third-order valence-electron chi connectivity index (χ3n) is 8.17. The van der Waals surface area contributed by atoms with Gasteiger partial charge in [-0.3, -0.25) is 9.69 Å². The summed E-state index contributed by atoms with van der Waals surface area (Å²) in [7, 11) is 0. The molecule has 2 aromatic heterocycles. The van der Waals surface area contributed by atoms with Crippen LogP contribution in [-0.2, 0) is 19.6 Å². The van der Waals surface area contributed by atoms with Crippen LogP contribution < -0.4 is 20.8 Å². The second-order valence-corrected chi connectivity index (χ2v) is 11.1. The Morgan fingerprint density at radius 1 is 1.07 bits per heavy atom. The first-order valence-corrected chi connectivity index (χ1v) is 13.8. The van der Waals surface area contributed by atoms with Gasteiger partial charge < -0.3 is 19.9 Å². The Hall–Kier alpha value is -4.05. The number of nitrogens with two attached hydrogens (primary N) is 1. The van der Waals surface area contributed by atoms with E-state index in [1.807, 2.05) is 18.2 Å². The number of rotatable bonds is 6. The van der Waals surface area contributed by atoms with E-state index < -0.39 is 11.6 Å². The summed E-state index contributed by atoms with van der Waals surface area (Å²) in [6, 6.07) is 8.46. The van der Waals surface area contributed by atoms with Crippen molar-refractivity contribution in [2.45, 2.75) is 52.4 Å². The van der Waals surface area contributed by atoms with E-state index in [1.54, 1.807) is 36.9 Å². The smallest absolute Gasteiger partial charge is 0.202 e. The van der Waals surface area contributed by atoms with Crippen molar-refractivity contribution in [1.82, 2.24) is 14.5 Å². The lowest BCUT2D eigenvalue weighted by Crippen LogP contribution is -2.48. The van der Waals surface area contributed by atoms with Crippen molar-refractivity contribution in [3.63, 3.8) is 0 Å². The SMILES string of the molecule is Cc1cc(CN(Cc2cn3c4c(c(F)c(F)cc4c2=O)OCC3)[C@H]2CCCN(c3ccc(N)nc3)C2)cc(C)c1F. The van der Waals surface area contributed by atoms with Gasteiger partial charge in [-0.05, 0) is 61.6 Å². The standard InChI is InChI=1S/C31H32F3N5O2/c1-18-10-20(11-19(2)27(18)33)14-39(23-4-3-7-37(17-23)22-5-6-26(35)36-13-22)16-21-15-38-8-9-41-31-28(34)25(32)12-24(29(31)38)30(21)40/h5-6,10-13,15,23H,3-4,7-9,14,16-17H2,1-2H3,(H2,35,36)/t23-/m0/s1. The lowest BCUT2D eigenvalue weighted by molar-refractivity contribution is 0.158. The second-order valence-electron chi connectivity index (χ2n) is 11.1. The number of nitrogen functional groups attached to an aromatic ring is 1. The van der Waals surface area contributed by atoms with Gasteiger partial charge in [0.05, 0.1) is 29.3 Å². The Morgan fingerprint density at radius 3 is 2.59 bits per heavy atom. The Kier molecular flexibility index (Phi) is 7.11. The number of halogens is 3. The Morgan fingerprint density at radius 2 is 1.85 bits per heavy atom. The van der Waals surface area contributed by atoms with Crippen LogP contribution in [0.15, 0.2) is 47.5 Å². The molecular formula is C31H32F3N5O2. The fourth-order valence-electron chi connectivity index (χ4n) is 6.17. The van der Waals surface area contributed by atoms with Gasteiger partial charge in [0.25, 0.3) is 0 Å². The molecule has 214 valence electrons. The minimum absolute atomic E-state index is 0.0623. The predicted octanol–water partition coefficient (Wildman–Crippen LogP) is 5.08. The molecule has 2 aliphatic rings. The van der Waals surface area contributed by atoms with Gasteiger partial charge in [-0.2, -0.15) is 4.39 Å². The number of piperidine rings is 1. The van der Waals surface area contributed by atoms with E-state index in [-0.39, 0.29) is 47.1 Å². The van der Waals surface area contributed by atoms with E-state index in [4.69, 9.17) is 10.5 Å². The third-order valence-corrected chi connectivity index (χ3v) is 8.17. The van der Waals surface area contributed by atoms with E-state index in [0.29, 0.717) is 42.1 Å². The summed E-state index contributed by atoms with van der Waals surface area (Å²) < 4.78 is 50.6. The highest BCUT2D eigenvalue weighted by atomic mass is 19.2.